The summed E-state index contributed by atoms with van der Waals surface area (Å²) < 4.78 is 12.8. The fraction of sp³-hybridized carbons (Fsp3) is 0.467. The highest BCUT2D eigenvalue weighted by Crippen LogP contribution is 2.47. The zero-order valence-electron chi connectivity index (χ0n) is 12.4. The van der Waals surface area contributed by atoms with Crippen LogP contribution in [0.25, 0.3) is 11.3 Å². The second kappa shape index (κ2) is 5.52. The highest BCUT2D eigenvalue weighted by Gasteiger charge is 2.31. The Kier molecular flexibility index (Phi) is 3.71. The molecule has 2 aromatic rings. The third kappa shape index (κ3) is 2.23. The molecule has 0 spiro atoms. The number of ether oxygens (including phenoxy) is 2. The summed E-state index contributed by atoms with van der Waals surface area (Å²) in [6.07, 6.45) is 3.62. The first kappa shape index (κ1) is 14.1. The lowest BCUT2D eigenvalue weighted by Crippen LogP contribution is -2.10. The second-order valence-electron chi connectivity index (χ2n) is 4.87. The Morgan fingerprint density at radius 1 is 1.38 bits per heavy atom. The quantitative estimate of drug-likeness (QED) is 0.815. The topological polar surface area (TPSA) is 53.4 Å². The van der Waals surface area contributed by atoms with Crippen LogP contribution in [0, 0.1) is 0 Å². The molecular weight excluding hydrogens is 288 g/mol. The lowest BCUT2D eigenvalue weighted by Gasteiger charge is -2.16. The zero-order chi connectivity index (χ0) is 15.0. The number of fused-ring (bicyclic) bond motifs is 3. The van der Waals surface area contributed by atoms with Gasteiger partial charge in [-0.3, -0.25) is 4.68 Å². The summed E-state index contributed by atoms with van der Waals surface area (Å²) in [5, 5.41) is 5.13. The molecule has 1 aliphatic carbocycles. The van der Waals surface area contributed by atoms with E-state index >= 15 is 0 Å². The highest BCUT2D eigenvalue weighted by atomic mass is 32.1. The van der Waals surface area contributed by atoms with E-state index in [1.807, 2.05) is 31.8 Å². The number of nitrogens with zero attached hydrogens (tertiary/aromatic N) is 2. The van der Waals surface area contributed by atoms with Crippen molar-refractivity contribution in [3.63, 3.8) is 0 Å². The standard InChI is InChI=1S/C15H18N2O3S/c1-4-19-14(18)13-10-7-6-9-8-16-17(3)12(9)11(10)15(21-13)20-5-2/h8H,4-7H2,1-3H3. The van der Waals surface area contributed by atoms with Crippen LogP contribution in [0.4, 0.5) is 0 Å². The van der Waals surface area contributed by atoms with Crippen LogP contribution in [0.2, 0.25) is 0 Å². The smallest absolute Gasteiger partial charge is 0.348 e. The monoisotopic (exact) mass is 306 g/mol. The van der Waals surface area contributed by atoms with E-state index in [0.717, 1.165) is 34.7 Å². The summed E-state index contributed by atoms with van der Waals surface area (Å²) in [5.74, 6) is -0.254. The molecule has 0 saturated heterocycles. The summed E-state index contributed by atoms with van der Waals surface area (Å²) in [5.41, 5.74) is 4.33. The van der Waals surface area contributed by atoms with Crippen LogP contribution in [-0.2, 0) is 24.6 Å². The van der Waals surface area contributed by atoms with Crippen LogP contribution in [0.15, 0.2) is 6.20 Å². The SMILES string of the molecule is CCOC(=O)c1sc(OCC)c2c1CCc1cnn(C)c1-2. The van der Waals surface area contributed by atoms with Gasteiger partial charge in [-0.2, -0.15) is 5.10 Å². The predicted octanol–water partition coefficient (Wildman–Crippen LogP) is 2.82. The van der Waals surface area contributed by atoms with Crippen molar-refractivity contribution < 1.29 is 14.3 Å². The molecule has 0 amide bonds. The summed E-state index contributed by atoms with van der Waals surface area (Å²) in [6, 6.07) is 0. The van der Waals surface area contributed by atoms with Crippen molar-refractivity contribution in [2.45, 2.75) is 26.7 Å². The van der Waals surface area contributed by atoms with Gasteiger partial charge in [-0.15, -0.1) is 0 Å². The molecule has 1 aliphatic rings. The molecule has 0 aromatic carbocycles. The van der Waals surface area contributed by atoms with Gasteiger partial charge in [-0.25, -0.2) is 4.79 Å². The van der Waals surface area contributed by atoms with E-state index in [-0.39, 0.29) is 5.97 Å². The minimum atomic E-state index is -0.254. The van der Waals surface area contributed by atoms with Gasteiger partial charge in [0.2, 0.25) is 0 Å². The van der Waals surface area contributed by atoms with Gasteiger partial charge in [-0.05, 0) is 37.8 Å². The van der Waals surface area contributed by atoms with E-state index in [1.165, 1.54) is 16.9 Å². The Bertz CT molecular complexity index is 687. The Labute approximate surface area is 127 Å². The highest BCUT2D eigenvalue weighted by molar-refractivity contribution is 7.16. The van der Waals surface area contributed by atoms with Gasteiger partial charge < -0.3 is 9.47 Å². The minimum Gasteiger partial charge on any atom is -0.484 e. The molecule has 0 fully saturated rings. The van der Waals surface area contributed by atoms with E-state index < -0.39 is 0 Å². The molecule has 0 radical (unpaired) electrons. The third-order valence-electron chi connectivity index (χ3n) is 3.61. The van der Waals surface area contributed by atoms with Crippen molar-refractivity contribution in [1.29, 1.82) is 0 Å². The van der Waals surface area contributed by atoms with Crippen LogP contribution < -0.4 is 4.74 Å². The zero-order valence-corrected chi connectivity index (χ0v) is 13.2. The van der Waals surface area contributed by atoms with Gasteiger partial charge in [0, 0.05) is 7.05 Å². The molecule has 0 unspecified atom stereocenters. The van der Waals surface area contributed by atoms with Crippen molar-refractivity contribution in [3.05, 3.63) is 22.2 Å². The van der Waals surface area contributed by atoms with Crippen LogP contribution in [0.3, 0.4) is 0 Å². The second-order valence-corrected chi connectivity index (χ2v) is 5.85. The molecule has 5 nitrogen and oxygen atoms in total. The third-order valence-corrected chi connectivity index (χ3v) is 4.73. The van der Waals surface area contributed by atoms with Crippen LogP contribution >= 0.6 is 11.3 Å². The average molecular weight is 306 g/mol. The van der Waals surface area contributed by atoms with Crippen molar-refractivity contribution in [1.82, 2.24) is 9.78 Å². The van der Waals surface area contributed by atoms with Crippen molar-refractivity contribution in [2.24, 2.45) is 7.05 Å². The first-order chi connectivity index (χ1) is 10.2. The Morgan fingerprint density at radius 2 is 2.19 bits per heavy atom. The van der Waals surface area contributed by atoms with E-state index in [2.05, 4.69) is 5.10 Å². The van der Waals surface area contributed by atoms with Gasteiger partial charge >= 0.3 is 5.97 Å². The minimum absolute atomic E-state index is 0.254. The lowest BCUT2D eigenvalue weighted by atomic mass is 9.92. The Morgan fingerprint density at radius 3 is 2.90 bits per heavy atom. The number of carbonyl (C=O) groups excluding carboxylic acids is 1. The number of esters is 1. The molecule has 0 atom stereocenters. The number of carbonyl (C=O) groups is 1. The number of hydrogen-bond donors (Lipinski definition) is 0. The largest absolute Gasteiger partial charge is 0.484 e. The maximum atomic E-state index is 12.2. The molecular formula is C15H18N2O3S. The molecule has 2 heterocycles. The molecule has 0 aliphatic heterocycles. The first-order valence-electron chi connectivity index (χ1n) is 7.14. The number of rotatable bonds is 4. The number of hydrogen-bond acceptors (Lipinski definition) is 5. The molecule has 112 valence electrons. The van der Waals surface area contributed by atoms with E-state index in [1.54, 1.807) is 0 Å². The van der Waals surface area contributed by atoms with Crippen LogP contribution in [0.1, 0.15) is 34.6 Å². The van der Waals surface area contributed by atoms with Gasteiger partial charge in [0.05, 0.1) is 30.7 Å². The van der Waals surface area contributed by atoms with Gasteiger partial charge in [0.15, 0.2) is 5.06 Å². The summed E-state index contributed by atoms with van der Waals surface area (Å²) in [6.45, 7) is 4.72. The van der Waals surface area contributed by atoms with E-state index in [9.17, 15) is 4.79 Å². The van der Waals surface area contributed by atoms with E-state index in [0.29, 0.717) is 18.1 Å². The average Bonchev–Trinajstić information content (AvgIpc) is 3.01. The lowest BCUT2D eigenvalue weighted by molar-refractivity contribution is 0.0531. The Hall–Kier alpha value is -1.82. The fourth-order valence-corrected chi connectivity index (χ4v) is 3.92. The van der Waals surface area contributed by atoms with Crippen molar-refractivity contribution in [3.8, 4) is 16.3 Å². The number of aryl methyl sites for hydroxylation is 2. The Balaban J connectivity index is 2.17. The van der Waals surface area contributed by atoms with Crippen molar-refractivity contribution in [2.75, 3.05) is 13.2 Å². The van der Waals surface area contributed by atoms with Gasteiger partial charge in [0.25, 0.3) is 0 Å². The maximum Gasteiger partial charge on any atom is 0.348 e. The molecule has 21 heavy (non-hydrogen) atoms. The predicted molar refractivity (Wildman–Crippen MR) is 81.1 cm³/mol. The molecule has 0 N–H and O–H groups in total. The van der Waals surface area contributed by atoms with Crippen molar-refractivity contribution >= 4 is 17.3 Å². The van der Waals surface area contributed by atoms with Gasteiger partial charge in [0.1, 0.15) is 4.88 Å². The van der Waals surface area contributed by atoms with Crippen LogP contribution in [-0.4, -0.2) is 29.0 Å². The normalized spacial score (nSPS) is 12.7. The molecule has 0 saturated carbocycles. The maximum absolute atomic E-state index is 12.2. The molecule has 6 heteroatoms. The number of thiophene rings is 1. The van der Waals surface area contributed by atoms with E-state index in [4.69, 9.17) is 9.47 Å². The summed E-state index contributed by atoms with van der Waals surface area (Å²) >= 11 is 1.39. The molecule has 0 bridgehead atoms. The van der Waals surface area contributed by atoms with Crippen LogP contribution in [0.5, 0.6) is 5.06 Å². The fourth-order valence-electron chi connectivity index (χ4n) is 2.76. The molecule has 3 rings (SSSR count). The molecule has 2 aromatic heterocycles. The summed E-state index contributed by atoms with van der Waals surface area (Å²) in [4.78, 5) is 12.8. The van der Waals surface area contributed by atoms with Gasteiger partial charge in [-0.1, -0.05) is 11.3 Å². The number of aromatic nitrogens is 2. The first-order valence-corrected chi connectivity index (χ1v) is 7.95. The summed E-state index contributed by atoms with van der Waals surface area (Å²) in [7, 11) is 1.92.